The maximum Gasteiger partial charge on any atom is 0.458 e. The maximum absolute atomic E-state index is 10.2. The number of aromatic hydroxyl groups is 1. The van der Waals surface area contributed by atoms with Gasteiger partial charge in [0.15, 0.2) is 11.5 Å². The van der Waals surface area contributed by atoms with Gasteiger partial charge in [-0.15, -0.1) is 0 Å². The largest absolute Gasteiger partial charge is 0.504 e. The zero-order valence-electron chi connectivity index (χ0n) is 18.3. The molecule has 3 rings (SSSR count). The van der Waals surface area contributed by atoms with Crippen molar-refractivity contribution in [2.24, 2.45) is 0 Å². The Morgan fingerprint density at radius 3 is 2.88 bits per heavy atom. The standard InChI is InChI=1S/C24H27BINO5/c1-16(15-30-2)19-9-10-25(29)32-22(19)8-7-18(21-6-4-5-11-27-21)12-17-13-20(26)24(28)23(14-17)31-3/h4-6,9,11-14,22,28-29H,1,7-8,10,15H2,2-3H3/b18-12-. The van der Waals surface area contributed by atoms with Crippen LogP contribution in [-0.4, -0.2) is 49.2 Å². The molecule has 2 heterocycles. The average molecular weight is 547 g/mol. The van der Waals surface area contributed by atoms with Gasteiger partial charge in [0, 0.05) is 19.6 Å². The van der Waals surface area contributed by atoms with Gasteiger partial charge in [-0.3, -0.25) is 4.98 Å². The molecule has 0 bridgehead atoms. The van der Waals surface area contributed by atoms with Gasteiger partial charge in [0.25, 0.3) is 0 Å². The summed E-state index contributed by atoms with van der Waals surface area (Å²) >= 11 is 2.09. The van der Waals surface area contributed by atoms with Gasteiger partial charge in [0.2, 0.25) is 0 Å². The molecule has 1 aromatic carbocycles. The first-order chi connectivity index (χ1) is 15.4. The monoisotopic (exact) mass is 547 g/mol. The number of methoxy groups -OCH3 is 2. The first-order valence-corrected chi connectivity index (χ1v) is 11.4. The molecule has 0 aliphatic carbocycles. The van der Waals surface area contributed by atoms with E-state index in [9.17, 15) is 10.1 Å². The van der Waals surface area contributed by atoms with Crippen LogP contribution in [0.1, 0.15) is 24.1 Å². The predicted octanol–water partition coefficient (Wildman–Crippen LogP) is 4.73. The maximum atomic E-state index is 10.2. The Kier molecular flexibility index (Phi) is 8.92. The Balaban J connectivity index is 1.90. The lowest BCUT2D eigenvalue weighted by Gasteiger charge is -2.28. The van der Waals surface area contributed by atoms with E-state index < -0.39 is 7.12 Å². The zero-order valence-corrected chi connectivity index (χ0v) is 20.4. The van der Waals surface area contributed by atoms with E-state index in [1.807, 2.05) is 36.4 Å². The summed E-state index contributed by atoms with van der Waals surface area (Å²) in [6, 6.07) is 9.49. The van der Waals surface area contributed by atoms with Crippen molar-refractivity contribution in [3.05, 3.63) is 75.2 Å². The molecule has 1 unspecified atom stereocenters. The summed E-state index contributed by atoms with van der Waals surface area (Å²) < 4.78 is 17.1. The number of halogens is 1. The molecule has 1 aromatic heterocycles. The van der Waals surface area contributed by atoms with E-state index in [2.05, 4.69) is 34.2 Å². The third-order valence-corrected chi connectivity index (χ3v) is 6.04. The molecule has 6 nitrogen and oxygen atoms in total. The number of allylic oxidation sites excluding steroid dienone is 2. The Hall–Kier alpha value is -2.14. The Morgan fingerprint density at radius 2 is 2.19 bits per heavy atom. The fourth-order valence-corrected chi connectivity index (χ4v) is 4.30. The number of hydrogen-bond acceptors (Lipinski definition) is 6. The topological polar surface area (TPSA) is 81.0 Å². The zero-order chi connectivity index (χ0) is 23.1. The minimum Gasteiger partial charge on any atom is -0.504 e. The fourth-order valence-electron chi connectivity index (χ4n) is 3.68. The highest BCUT2D eigenvalue weighted by Gasteiger charge is 2.28. The molecule has 1 atom stereocenters. The van der Waals surface area contributed by atoms with Gasteiger partial charge in [0.05, 0.1) is 29.1 Å². The number of ether oxygens (including phenoxy) is 2. The molecule has 0 fully saturated rings. The van der Waals surface area contributed by atoms with Crippen molar-refractivity contribution in [2.75, 3.05) is 20.8 Å². The molecule has 2 aromatic rings. The van der Waals surface area contributed by atoms with Crippen molar-refractivity contribution in [1.82, 2.24) is 4.98 Å². The van der Waals surface area contributed by atoms with Crippen molar-refractivity contribution in [2.45, 2.75) is 25.3 Å². The SMILES string of the molecule is C=C(COC)C1=CCB(O)OC1CC/C(=C/c1cc(I)c(O)c(OC)c1)c1ccccn1. The molecule has 32 heavy (non-hydrogen) atoms. The molecule has 1 aliphatic rings. The normalized spacial score (nSPS) is 16.6. The van der Waals surface area contributed by atoms with Crippen LogP contribution in [-0.2, 0) is 9.39 Å². The summed E-state index contributed by atoms with van der Waals surface area (Å²) in [6.07, 6.45) is 7.23. The summed E-state index contributed by atoms with van der Waals surface area (Å²) in [6.45, 7) is 4.53. The van der Waals surface area contributed by atoms with Crippen LogP contribution in [0.25, 0.3) is 11.6 Å². The minimum atomic E-state index is -0.829. The predicted molar refractivity (Wildman–Crippen MR) is 135 cm³/mol. The average Bonchev–Trinajstić information content (AvgIpc) is 2.79. The van der Waals surface area contributed by atoms with Crippen molar-refractivity contribution >= 4 is 41.4 Å². The number of phenolic OH excluding ortho intramolecular Hbond substituents is 1. The number of phenols is 1. The van der Waals surface area contributed by atoms with Crippen LogP contribution in [0.15, 0.2) is 60.3 Å². The smallest absolute Gasteiger partial charge is 0.458 e. The van der Waals surface area contributed by atoms with E-state index in [0.29, 0.717) is 35.1 Å². The summed E-state index contributed by atoms with van der Waals surface area (Å²) in [5.41, 5.74) is 4.58. The molecule has 0 saturated carbocycles. The third-order valence-electron chi connectivity index (χ3n) is 5.22. The van der Waals surface area contributed by atoms with Crippen LogP contribution in [0.2, 0.25) is 6.32 Å². The highest BCUT2D eigenvalue weighted by Crippen LogP contribution is 2.35. The number of aromatic nitrogens is 1. The second-order valence-electron chi connectivity index (χ2n) is 7.49. The van der Waals surface area contributed by atoms with E-state index in [4.69, 9.17) is 14.1 Å². The lowest BCUT2D eigenvalue weighted by atomic mass is 9.78. The van der Waals surface area contributed by atoms with E-state index in [-0.39, 0.29) is 11.9 Å². The van der Waals surface area contributed by atoms with Crippen LogP contribution >= 0.6 is 22.6 Å². The van der Waals surface area contributed by atoms with E-state index in [1.165, 1.54) is 7.11 Å². The van der Waals surface area contributed by atoms with Crippen LogP contribution in [0.5, 0.6) is 11.5 Å². The Morgan fingerprint density at radius 1 is 1.38 bits per heavy atom. The number of pyridine rings is 1. The van der Waals surface area contributed by atoms with Gasteiger partial charge in [-0.1, -0.05) is 18.7 Å². The molecule has 0 amide bonds. The molecular weight excluding hydrogens is 520 g/mol. The van der Waals surface area contributed by atoms with Crippen molar-refractivity contribution in [1.29, 1.82) is 0 Å². The van der Waals surface area contributed by atoms with Gasteiger partial charge in [-0.25, -0.2) is 0 Å². The molecular formula is C24H27BINO5. The highest BCUT2D eigenvalue weighted by atomic mass is 127. The van der Waals surface area contributed by atoms with Crippen LogP contribution in [0.3, 0.4) is 0 Å². The van der Waals surface area contributed by atoms with Crippen molar-refractivity contribution in [3.63, 3.8) is 0 Å². The van der Waals surface area contributed by atoms with Crippen molar-refractivity contribution in [3.8, 4) is 11.5 Å². The first-order valence-electron chi connectivity index (χ1n) is 10.3. The first kappa shape index (κ1) is 24.5. The number of nitrogens with zero attached hydrogens (tertiary/aromatic N) is 1. The second-order valence-corrected chi connectivity index (χ2v) is 8.65. The van der Waals surface area contributed by atoms with Gasteiger partial charge < -0.3 is 24.3 Å². The lowest BCUT2D eigenvalue weighted by molar-refractivity contribution is 0.177. The number of benzene rings is 1. The summed E-state index contributed by atoms with van der Waals surface area (Å²) in [7, 11) is 2.34. The molecule has 0 radical (unpaired) electrons. The van der Waals surface area contributed by atoms with Crippen LogP contribution in [0.4, 0.5) is 0 Å². The highest BCUT2D eigenvalue weighted by molar-refractivity contribution is 14.1. The molecule has 0 saturated heterocycles. The number of hydrogen-bond donors (Lipinski definition) is 2. The van der Waals surface area contributed by atoms with E-state index in [0.717, 1.165) is 28.0 Å². The van der Waals surface area contributed by atoms with E-state index in [1.54, 1.807) is 19.4 Å². The van der Waals surface area contributed by atoms with Gasteiger partial charge in [-0.2, -0.15) is 0 Å². The lowest BCUT2D eigenvalue weighted by Crippen LogP contribution is -2.32. The summed E-state index contributed by atoms with van der Waals surface area (Å²) in [5.74, 6) is 0.545. The Bertz CT molecular complexity index is 1010. The van der Waals surface area contributed by atoms with Gasteiger partial charge in [0.1, 0.15) is 0 Å². The molecule has 168 valence electrons. The Labute approximate surface area is 202 Å². The molecule has 8 heteroatoms. The van der Waals surface area contributed by atoms with Gasteiger partial charge >= 0.3 is 7.12 Å². The summed E-state index contributed by atoms with van der Waals surface area (Å²) in [5, 5.41) is 20.2. The molecule has 1 aliphatic heterocycles. The molecule has 0 spiro atoms. The second kappa shape index (κ2) is 11.6. The van der Waals surface area contributed by atoms with E-state index >= 15 is 0 Å². The molecule has 2 N–H and O–H groups in total. The van der Waals surface area contributed by atoms with Crippen LogP contribution < -0.4 is 4.74 Å². The van der Waals surface area contributed by atoms with Crippen LogP contribution in [0, 0.1) is 3.57 Å². The van der Waals surface area contributed by atoms with Crippen molar-refractivity contribution < 1.29 is 24.3 Å². The number of rotatable bonds is 9. The fraction of sp³-hybridized carbons (Fsp3) is 0.292. The summed E-state index contributed by atoms with van der Waals surface area (Å²) in [4.78, 5) is 4.53. The third kappa shape index (κ3) is 6.22. The van der Waals surface area contributed by atoms with Gasteiger partial charge in [-0.05, 0) is 88.1 Å². The quantitative estimate of drug-likeness (QED) is 0.349. The minimum absolute atomic E-state index is 0.126.